The highest BCUT2D eigenvalue weighted by Crippen LogP contribution is 2.22. The fraction of sp³-hybridized carbons (Fsp3) is 0.500. The smallest absolute Gasteiger partial charge is 0.281 e. The molecule has 11 heteroatoms. The topological polar surface area (TPSA) is 113 Å². The molecular formula is C18H26N4O5S2. The number of aryl methyl sites for hydroxylation is 1. The van der Waals surface area contributed by atoms with E-state index in [2.05, 4.69) is 9.71 Å². The lowest BCUT2D eigenvalue weighted by Crippen LogP contribution is -2.45. The van der Waals surface area contributed by atoms with Gasteiger partial charge in [-0.25, -0.2) is 18.1 Å². The Balaban J connectivity index is 1.57. The van der Waals surface area contributed by atoms with E-state index in [0.29, 0.717) is 37.5 Å². The van der Waals surface area contributed by atoms with Crippen LogP contribution < -0.4 is 4.72 Å². The minimum atomic E-state index is -3.64. The van der Waals surface area contributed by atoms with Crippen LogP contribution in [0.1, 0.15) is 18.7 Å². The Kier molecular flexibility index (Phi) is 6.44. The summed E-state index contributed by atoms with van der Waals surface area (Å²) in [4.78, 5) is 4.40. The van der Waals surface area contributed by atoms with Crippen LogP contribution in [-0.2, 0) is 20.2 Å². The van der Waals surface area contributed by atoms with Crippen molar-refractivity contribution < 1.29 is 21.3 Å². The van der Waals surface area contributed by atoms with Crippen LogP contribution in [0.3, 0.4) is 0 Å². The molecule has 9 nitrogen and oxygen atoms in total. The number of hydrogen-bond acceptors (Lipinski definition) is 6. The number of hydrogen-bond donors (Lipinski definition) is 1. The summed E-state index contributed by atoms with van der Waals surface area (Å²) in [5.74, 6) is 0.638. The van der Waals surface area contributed by atoms with Gasteiger partial charge in [0.15, 0.2) is 5.89 Å². The maximum absolute atomic E-state index is 12.6. The predicted molar refractivity (Wildman–Crippen MR) is 109 cm³/mol. The second kappa shape index (κ2) is 8.52. The highest BCUT2D eigenvalue weighted by atomic mass is 32.2. The Labute approximate surface area is 172 Å². The summed E-state index contributed by atoms with van der Waals surface area (Å²) < 4.78 is 59.9. The van der Waals surface area contributed by atoms with Crippen molar-refractivity contribution in [2.75, 3.05) is 33.7 Å². The Hall–Kier alpha value is -1.79. The van der Waals surface area contributed by atoms with Gasteiger partial charge in [0.05, 0.1) is 4.90 Å². The molecule has 1 N–H and O–H groups in total. The van der Waals surface area contributed by atoms with Gasteiger partial charge in [0.2, 0.25) is 10.0 Å². The molecular weight excluding hydrogens is 416 g/mol. The molecule has 2 heterocycles. The molecule has 0 unspecified atom stereocenters. The zero-order valence-electron chi connectivity index (χ0n) is 16.7. The quantitative estimate of drug-likeness (QED) is 0.694. The molecule has 3 rings (SSSR count). The van der Waals surface area contributed by atoms with E-state index in [0.717, 1.165) is 5.56 Å². The number of nitrogens with zero attached hydrogens (tertiary/aromatic N) is 3. The molecule has 1 aliphatic rings. The summed E-state index contributed by atoms with van der Waals surface area (Å²) in [5.41, 5.74) is 1.43. The fourth-order valence-electron chi connectivity index (χ4n) is 3.19. The van der Waals surface area contributed by atoms with Gasteiger partial charge in [0, 0.05) is 46.2 Å². The number of nitrogens with one attached hydrogen (secondary N) is 1. The standard InChI is InChI=1S/C18H26N4O5S2/c1-14-20-18(13-27-14)16-4-6-17(7-5-16)28(23,24)19-12-15-8-10-22(11-9-15)29(25,26)21(2)3/h4-7,13,15,19H,8-12H2,1-3H3. The van der Waals surface area contributed by atoms with Crippen LogP contribution >= 0.6 is 0 Å². The second-order valence-electron chi connectivity index (χ2n) is 7.26. The Bertz CT molecular complexity index is 1040. The summed E-state index contributed by atoms with van der Waals surface area (Å²) in [6.07, 6.45) is 2.75. The van der Waals surface area contributed by atoms with Crippen LogP contribution in [-0.4, -0.2) is 64.2 Å². The van der Waals surface area contributed by atoms with Gasteiger partial charge in [-0.05, 0) is 30.9 Å². The Morgan fingerprint density at radius 1 is 1.14 bits per heavy atom. The molecule has 160 valence electrons. The van der Waals surface area contributed by atoms with Gasteiger partial charge in [-0.15, -0.1) is 0 Å². The van der Waals surface area contributed by atoms with E-state index in [-0.39, 0.29) is 17.4 Å². The van der Waals surface area contributed by atoms with Crippen molar-refractivity contribution >= 4 is 20.2 Å². The van der Waals surface area contributed by atoms with Crippen molar-refractivity contribution in [3.05, 3.63) is 36.4 Å². The third-order valence-electron chi connectivity index (χ3n) is 5.00. The van der Waals surface area contributed by atoms with E-state index in [4.69, 9.17) is 4.42 Å². The van der Waals surface area contributed by atoms with E-state index in [1.807, 2.05) is 0 Å². The van der Waals surface area contributed by atoms with Gasteiger partial charge in [-0.3, -0.25) is 0 Å². The molecule has 0 radical (unpaired) electrons. The molecule has 1 saturated heterocycles. The van der Waals surface area contributed by atoms with Crippen LogP contribution in [0.2, 0.25) is 0 Å². The molecule has 1 aliphatic heterocycles. The number of rotatable bonds is 7. The lowest BCUT2D eigenvalue weighted by atomic mass is 9.99. The monoisotopic (exact) mass is 442 g/mol. The van der Waals surface area contributed by atoms with Gasteiger partial charge >= 0.3 is 0 Å². The number of oxazole rings is 1. The first-order valence-electron chi connectivity index (χ1n) is 9.29. The highest BCUT2D eigenvalue weighted by molar-refractivity contribution is 7.89. The van der Waals surface area contributed by atoms with E-state index in [1.165, 1.54) is 41.1 Å². The maximum atomic E-state index is 12.6. The maximum Gasteiger partial charge on any atom is 0.281 e. The summed E-state index contributed by atoms with van der Waals surface area (Å²) in [7, 11) is -4.05. The normalized spacial score (nSPS) is 17.1. The van der Waals surface area contributed by atoms with Crippen molar-refractivity contribution in [2.45, 2.75) is 24.7 Å². The molecule has 0 spiro atoms. The van der Waals surface area contributed by atoms with Gasteiger partial charge < -0.3 is 4.42 Å². The SMILES string of the molecule is Cc1nc(-c2ccc(S(=O)(=O)NCC3CCN(S(=O)(=O)N(C)C)CC3)cc2)co1. The summed E-state index contributed by atoms with van der Waals surface area (Å²) >= 11 is 0. The minimum Gasteiger partial charge on any atom is -0.449 e. The summed E-state index contributed by atoms with van der Waals surface area (Å²) in [6.45, 7) is 2.80. The first kappa shape index (κ1) is 21.9. The number of sulfonamides is 1. The van der Waals surface area contributed by atoms with Gasteiger partial charge in [0.1, 0.15) is 12.0 Å². The predicted octanol–water partition coefficient (Wildman–Crippen LogP) is 1.45. The van der Waals surface area contributed by atoms with Crippen LogP contribution in [0.25, 0.3) is 11.3 Å². The van der Waals surface area contributed by atoms with Crippen molar-refractivity contribution in [1.29, 1.82) is 0 Å². The molecule has 1 aromatic carbocycles. The van der Waals surface area contributed by atoms with Crippen LogP contribution in [0.4, 0.5) is 0 Å². The van der Waals surface area contributed by atoms with E-state index in [1.54, 1.807) is 19.1 Å². The molecule has 0 aliphatic carbocycles. The van der Waals surface area contributed by atoms with Gasteiger partial charge in [-0.1, -0.05) is 12.1 Å². The van der Waals surface area contributed by atoms with Gasteiger partial charge in [0.25, 0.3) is 10.2 Å². The zero-order chi connectivity index (χ0) is 21.2. The molecule has 0 amide bonds. The Morgan fingerprint density at radius 2 is 1.76 bits per heavy atom. The van der Waals surface area contributed by atoms with Crippen LogP contribution in [0.5, 0.6) is 0 Å². The summed E-state index contributed by atoms with van der Waals surface area (Å²) in [6, 6.07) is 6.45. The average molecular weight is 443 g/mol. The van der Waals surface area contributed by atoms with E-state index < -0.39 is 20.2 Å². The van der Waals surface area contributed by atoms with Crippen molar-refractivity contribution in [3.8, 4) is 11.3 Å². The number of aromatic nitrogens is 1. The van der Waals surface area contributed by atoms with Gasteiger partial charge in [-0.2, -0.15) is 17.0 Å². The van der Waals surface area contributed by atoms with Crippen LogP contribution in [0.15, 0.2) is 39.8 Å². The largest absolute Gasteiger partial charge is 0.449 e. The van der Waals surface area contributed by atoms with E-state index in [9.17, 15) is 16.8 Å². The number of benzene rings is 1. The molecule has 29 heavy (non-hydrogen) atoms. The molecule has 0 saturated carbocycles. The van der Waals surface area contributed by atoms with Crippen LogP contribution in [0, 0.1) is 12.8 Å². The molecule has 0 atom stereocenters. The number of piperidine rings is 1. The molecule has 2 aromatic rings. The van der Waals surface area contributed by atoms with Crippen molar-refractivity contribution in [2.24, 2.45) is 5.92 Å². The third-order valence-corrected chi connectivity index (χ3v) is 8.38. The first-order valence-corrected chi connectivity index (χ1v) is 12.2. The highest BCUT2D eigenvalue weighted by Gasteiger charge is 2.30. The Morgan fingerprint density at radius 3 is 2.28 bits per heavy atom. The third kappa shape index (κ3) is 5.04. The summed E-state index contributed by atoms with van der Waals surface area (Å²) in [5, 5.41) is 0. The molecule has 1 aromatic heterocycles. The van der Waals surface area contributed by atoms with Crippen molar-refractivity contribution in [1.82, 2.24) is 18.3 Å². The lowest BCUT2D eigenvalue weighted by Gasteiger charge is -2.32. The fourth-order valence-corrected chi connectivity index (χ4v) is 5.44. The zero-order valence-corrected chi connectivity index (χ0v) is 18.3. The van der Waals surface area contributed by atoms with E-state index >= 15 is 0 Å². The first-order chi connectivity index (χ1) is 13.6. The average Bonchev–Trinajstić information content (AvgIpc) is 3.13. The molecule has 1 fully saturated rings. The van der Waals surface area contributed by atoms with Crippen molar-refractivity contribution in [3.63, 3.8) is 0 Å². The second-order valence-corrected chi connectivity index (χ2v) is 11.2. The molecule has 0 bridgehead atoms. The minimum absolute atomic E-state index is 0.0933. The lowest BCUT2D eigenvalue weighted by molar-refractivity contribution is 0.263.